The third kappa shape index (κ3) is 4.40. The Morgan fingerprint density at radius 1 is 1.21 bits per heavy atom. The Morgan fingerprint density at radius 3 is 2.46 bits per heavy atom. The van der Waals surface area contributed by atoms with E-state index in [1.54, 1.807) is 4.90 Å². The molecule has 0 N–H and O–H groups in total. The van der Waals surface area contributed by atoms with Gasteiger partial charge in [0.15, 0.2) is 6.61 Å². The lowest BCUT2D eigenvalue weighted by molar-refractivity contribution is -0.137. The number of hydrogen-bond acceptors (Lipinski definition) is 4. The summed E-state index contributed by atoms with van der Waals surface area (Å²) < 4.78 is 43.5. The molecule has 2 aliphatic heterocycles. The number of amides is 3. The van der Waals surface area contributed by atoms with Crippen molar-refractivity contribution in [2.45, 2.75) is 37.9 Å². The molecule has 1 aromatic rings. The molecular formula is C18H18ClF3N2O4. The van der Waals surface area contributed by atoms with Crippen LogP contribution in [0.4, 0.5) is 18.0 Å². The second-order valence-electron chi connectivity index (χ2n) is 6.74. The summed E-state index contributed by atoms with van der Waals surface area (Å²) in [6.07, 6.45) is -4.08. The first-order valence-electron chi connectivity index (χ1n) is 8.79. The van der Waals surface area contributed by atoms with E-state index in [4.69, 9.17) is 16.3 Å². The fraction of sp³-hybridized carbons (Fsp3) is 0.500. The lowest BCUT2D eigenvalue weighted by Crippen LogP contribution is -2.48. The van der Waals surface area contributed by atoms with E-state index in [0.29, 0.717) is 31.5 Å². The van der Waals surface area contributed by atoms with Crippen LogP contribution in [-0.4, -0.2) is 53.4 Å². The number of likely N-dealkylation sites (tertiary alicyclic amines) is 1. The molecule has 2 heterocycles. The fourth-order valence-corrected chi connectivity index (χ4v) is 3.67. The number of rotatable bonds is 4. The topological polar surface area (TPSA) is 66.9 Å². The van der Waals surface area contributed by atoms with Crippen LogP contribution in [0.5, 0.6) is 0 Å². The lowest BCUT2D eigenvalue weighted by Gasteiger charge is -2.34. The monoisotopic (exact) mass is 418 g/mol. The number of alkyl halides is 3. The molecule has 6 nitrogen and oxygen atoms in total. The van der Waals surface area contributed by atoms with Gasteiger partial charge in [-0.15, -0.1) is 0 Å². The Balaban J connectivity index is 1.53. The Bertz CT molecular complexity index is 776. The predicted octanol–water partition coefficient (Wildman–Crippen LogP) is 3.26. The highest BCUT2D eigenvalue weighted by atomic mass is 35.5. The number of ether oxygens (including phenoxy) is 1. The van der Waals surface area contributed by atoms with E-state index in [0.717, 1.165) is 11.0 Å². The van der Waals surface area contributed by atoms with Crippen LogP contribution in [0.1, 0.15) is 30.4 Å². The van der Waals surface area contributed by atoms with Crippen LogP contribution in [0.15, 0.2) is 18.2 Å². The van der Waals surface area contributed by atoms with Crippen molar-refractivity contribution in [2.24, 2.45) is 0 Å². The van der Waals surface area contributed by atoms with Crippen LogP contribution < -0.4 is 0 Å². The van der Waals surface area contributed by atoms with Crippen molar-refractivity contribution in [3.05, 3.63) is 34.3 Å². The normalized spacial score (nSPS) is 18.6. The number of halogens is 4. The second kappa shape index (κ2) is 7.98. The lowest BCUT2D eigenvalue weighted by atomic mass is 10.0. The van der Waals surface area contributed by atoms with E-state index < -0.39 is 17.8 Å². The maximum Gasteiger partial charge on any atom is 0.417 e. The van der Waals surface area contributed by atoms with E-state index in [-0.39, 0.29) is 42.3 Å². The van der Waals surface area contributed by atoms with Gasteiger partial charge in [0, 0.05) is 25.6 Å². The number of cyclic esters (lactones) is 1. The van der Waals surface area contributed by atoms with Gasteiger partial charge in [0.2, 0.25) is 5.91 Å². The average molecular weight is 419 g/mol. The van der Waals surface area contributed by atoms with Crippen molar-refractivity contribution in [1.82, 2.24) is 9.80 Å². The van der Waals surface area contributed by atoms with E-state index >= 15 is 0 Å². The minimum atomic E-state index is -4.55. The van der Waals surface area contributed by atoms with E-state index in [1.165, 1.54) is 12.1 Å². The van der Waals surface area contributed by atoms with E-state index in [2.05, 4.69) is 0 Å². The molecule has 2 aliphatic rings. The second-order valence-corrected chi connectivity index (χ2v) is 7.15. The third-order valence-electron chi connectivity index (χ3n) is 4.93. The van der Waals surface area contributed by atoms with Gasteiger partial charge in [-0.1, -0.05) is 17.7 Å². The molecule has 0 aromatic heterocycles. The minimum absolute atomic E-state index is 0.0638. The molecule has 2 saturated heterocycles. The number of piperidine rings is 1. The summed E-state index contributed by atoms with van der Waals surface area (Å²) in [6.45, 7) is 0.489. The zero-order valence-electron chi connectivity index (χ0n) is 14.8. The summed E-state index contributed by atoms with van der Waals surface area (Å²) in [5, 5.41) is -0.375. The summed E-state index contributed by atoms with van der Waals surface area (Å²) in [7, 11) is 0. The van der Waals surface area contributed by atoms with Crippen molar-refractivity contribution >= 4 is 29.5 Å². The Kier molecular flexibility index (Phi) is 5.83. The average Bonchev–Trinajstić information content (AvgIpc) is 2.98. The number of benzene rings is 1. The fourth-order valence-electron chi connectivity index (χ4n) is 3.45. The number of carbonyl (C=O) groups excluding carboxylic acids is 3. The van der Waals surface area contributed by atoms with Crippen molar-refractivity contribution in [2.75, 3.05) is 19.7 Å². The number of imide groups is 1. The van der Waals surface area contributed by atoms with Gasteiger partial charge in [0.05, 0.1) is 10.6 Å². The van der Waals surface area contributed by atoms with Crippen molar-refractivity contribution < 1.29 is 32.3 Å². The van der Waals surface area contributed by atoms with Gasteiger partial charge in [-0.3, -0.25) is 9.59 Å². The predicted molar refractivity (Wildman–Crippen MR) is 92.6 cm³/mol. The zero-order valence-corrected chi connectivity index (χ0v) is 15.6. The molecular weight excluding hydrogens is 401 g/mol. The Hall–Kier alpha value is -2.29. The molecule has 10 heteroatoms. The van der Waals surface area contributed by atoms with Gasteiger partial charge in [-0.2, -0.15) is 13.2 Å². The molecule has 28 heavy (non-hydrogen) atoms. The van der Waals surface area contributed by atoms with Crippen molar-refractivity contribution in [3.8, 4) is 0 Å². The highest BCUT2D eigenvalue weighted by molar-refractivity contribution is 6.31. The highest BCUT2D eigenvalue weighted by Crippen LogP contribution is 2.35. The summed E-state index contributed by atoms with van der Waals surface area (Å²) in [5.74, 6) is -0.560. The molecule has 3 rings (SSSR count). The van der Waals surface area contributed by atoms with Gasteiger partial charge in [0.1, 0.15) is 0 Å². The summed E-state index contributed by atoms with van der Waals surface area (Å²) >= 11 is 5.60. The number of aryl methyl sites for hydroxylation is 1. The Morgan fingerprint density at radius 2 is 1.89 bits per heavy atom. The van der Waals surface area contributed by atoms with Crippen LogP contribution in [0, 0.1) is 0 Å². The first-order valence-corrected chi connectivity index (χ1v) is 9.17. The van der Waals surface area contributed by atoms with Gasteiger partial charge in [0.25, 0.3) is 5.91 Å². The van der Waals surface area contributed by atoms with Crippen molar-refractivity contribution in [3.63, 3.8) is 0 Å². The SMILES string of the molecule is O=C(CCc1ccc(Cl)c(C(F)(F)F)c1)N1CCC(N2C(=O)COC2=O)CC1. The molecule has 0 unspecified atom stereocenters. The first-order chi connectivity index (χ1) is 13.2. The molecule has 0 atom stereocenters. The Labute approximate surface area is 164 Å². The quantitative estimate of drug-likeness (QED) is 0.752. The molecule has 0 aliphatic carbocycles. The molecule has 0 radical (unpaired) electrons. The maximum absolute atomic E-state index is 12.9. The van der Waals surface area contributed by atoms with E-state index in [9.17, 15) is 27.6 Å². The van der Waals surface area contributed by atoms with Crippen LogP contribution in [-0.2, 0) is 26.9 Å². The third-order valence-corrected chi connectivity index (χ3v) is 5.26. The summed E-state index contributed by atoms with van der Waals surface area (Å²) in [6, 6.07) is 3.33. The van der Waals surface area contributed by atoms with Gasteiger partial charge in [-0.25, -0.2) is 9.69 Å². The largest absolute Gasteiger partial charge is 0.439 e. The molecule has 1 aromatic carbocycles. The summed E-state index contributed by atoms with van der Waals surface area (Å²) in [4.78, 5) is 38.4. The van der Waals surface area contributed by atoms with Crippen LogP contribution >= 0.6 is 11.6 Å². The highest BCUT2D eigenvalue weighted by Gasteiger charge is 2.39. The van der Waals surface area contributed by atoms with E-state index in [1.807, 2.05) is 0 Å². The first kappa shape index (κ1) is 20.4. The van der Waals surface area contributed by atoms with Crippen LogP contribution in [0.3, 0.4) is 0 Å². The maximum atomic E-state index is 12.9. The minimum Gasteiger partial charge on any atom is -0.439 e. The molecule has 2 fully saturated rings. The smallest absolute Gasteiger partial charge is 0.417 e. The molecule has 0 saturated carbocycles. The standard InChI is InChI=1S/C18H18ClF3N2O4/c19-14-3-1-11(9-13(14)18(20,21)22)2-4-15(25)23-7-5-12(6-8-23)24-16(26)10-28-17(24)27/h1,3,9,12H,2,4-8,10H2. The number of nitrogens with zero attached hydrogens (tertiary/aromatic N) is 2. The molecule has 152 valence electrons. The molecule has 0 spiro atoms. The van der Waals surface area contributed by atoms with Crippen molar-refractivity contribution in [1.29, 1.82) is 0 Å². The van der Waals surface area contributed by atoms with Crippen LogP contribution in [0.25, 0.3) is 0 Å². The van der Waals surface area contributed by atoms with Gasteiger partial charge in [-0.05, 0) is 37.0 Å². The molecule has 3 amide bonds. The number of carbonyl (C=O) groups is 3. The van der Waals surface area contributed by atoms with Gasteiger partial charge >= 0.3 is 12.3 Å². The summed E-state index contributed by atoms with van der Waals surface area (Å²) in [5.41, 5.74) is -0.535. The zero-order chi connectivity index (χ0) is 20.5. The van der Waals surface area contributed by atoms with Gasteiger partial charge < -0.3 is 9.64 Å². The molecule has 0 bridgehead atoms. The number of hydrogen-bond donors (Lipinski definition) is 0. The van der Waals surface area contributed by atoms with Crippen LogP contribution in [0.2, 0.25) is 5.02 Å².